The maximum Gasteiger partial charge on any atom is 0.130 e. The molecule has 0 bridgehead atoms. The van der Waals surface area contributed by atoms with Gasteiger partial charge < -0.3 is 10.8 Å². The molecule has 2 nitrogen and oxygen atoms in total. The van der Waals surface area contributed by atoms with Gasteiger partial charge in [-0.25, -0.2) is 13.2 Å². The number of hydrogen-bond donors (Lipinski definition) is 2. The molecule has 0 saturated carbocycles. The first kappa shape index (κ1) is 43.1. The highest BCUT2D eigenvalue weighted by atomic mass is 19.1. The molecular formula is C34H56F3NO. The van der Waals surface area contributed by atoms with Crippen LogP contribution in [0.3, 0.4) is 0 Å². The van der Waals surface area contributed by atoms with E-state index in [2.05, 4.69) is 0 Å². The molecule has 3 aromatic carbocycles. The second-order valence-corrected chi connectivity index (χ2v) is 11.6. The van der Waals surface area contributed by atoms with Crippen molar-refractivity contribution < 1.29 is 18.3 Å². The van der Waals surface area contributed by atoms with Crippen molar-refractivity contribution in [2.75, 3.05) is 5.73 Å². The molecule has 0 aliphatic heterocycles. The average molecular weight is 552 g/mol. The van der Waals surface area contributed by atoms with E-state index in [4.69, 9.17) is 5.73 Å². The molecule has 0 aliphatic carbocycles. The van der Waals surface area contributed by atoms with Gasteiger partial charge in [0.2, 0.25) is 0 Å². The van der Waals surface area contributed by atoms with E-state index in [0.29, 0.717) is 16.8 Å². The first-order valence-corrected chi connectivity index (χ1v) is 11.6. The Bertz CT molecular complexity index is 1000. The fourth-order valence-corrected chi connectivity index (χ4v) is 3.66. The van der Waals surface area contributed by atoms with Gasteiger partial charge in [0.15, 0.2) is 0 Å². The maximum absolute atomic E-state index is 13.3. The SMILES string of the molecule is C.C.C.C.CC(C)(C)c1c(N)cccc1F.CC(C)(C)c1c(O)cccc1F.CC(C)(C)c1ccccc1F. The summed E-state index contributed by atoms with van der Waals surface area (Å²) >= 11 is 0. The predicted octanol–water partition coefficient (Wildman–Crippen LogP) is 11.2. The summed E-state index contributed by atoms with van der Waals surface area (Å²) in [7, 11) is 0. The Morgan fingerprint density at radius 1 is 0.513 bits per heavy atom. The van der Waals surface area contributed by atoms with E-state index in [1.807, 2.05) is 74.4 Å². The maximum atomic E-state index is 13.3. The molecule has 0 fully saturated rings. The number of hydrogen-bond acceptors (Lipinski definition) is 2. The summed E-state index contributed by atoms with van der Waals surface area (Å²) in [5.41, 5.74) is 7.29. The topological polar surface area (TPSA) is 46.2 Å². The molecule has 0 unspecified atom stereocenters. The van der Waals surface area contributed by atoms with Crippen LogP contribution in [0.2, 0.25) is 0 Å². The van der Waals surface area contributed by atoms with Crippen LogP contribution in [-0.2, 0) is 16.2 Å². The fourth-order valence-electron chi connectivity index (χ4n) is 3.66. The molecule has 0 spiro atoms. The number of phenols is 1. The minimum Gasteiger partial charge on any atom is -0.508 e. The summed E-state index contributed by atoms with van der Waals surface area (Å²) in [5.74, 6) is -0.646. The molecular weight excluding hydrogens is 495 g/mol. The largest absolute Gasteiger partial charge is 0.508 e. The van der Waals surface area contributed by atoms with Gasteiger partial charge in [-0.3, -0.25) is 0 Å². The third-order valence-electron chi connectivity index (χ3n) is 5.22. The van der Waals surface area contributed by atoms with Gasteiger partial charge in [0, 0.05) is 16.8 Å². The molecule has 5 heteroatoms. The van der Waals surface area contributed by atoms with Crippen molar-refractivity contribution in [3.8, 4) is 5.75 Å². The Labute approximate surface area is 238 Å². The summed E-state index contributed by atoms with van der Waals surface area (Å²) in [4.78, 5) is 0. The lowest BCUT2D eigenvalue weighted by Crippen LogP contribution is -2.16. The van der Waals surface area contributed by atoms with Crippen molar-refractivity contribution in [3.05, 3.63) is 94.8 Å². The third-order valence-corrected chi connectivity index (χ3v) is 5.22. The van der Waals surface area contributed by atoms with E-state index in [1.54, 1.807) is 18.2 Å². The number of nitrogen functional groups attached to an aromatic ring is 1. The van der Waals surface area contributed by atoms with Gasteiger partial charge in [-0.05, 0) is 52.1 Å². The number of halogens is 3. The minimum absolute atomic E-state index is 0. The number of anilines is 1. The number of benzene rings is 3. The van der Waals surface area contributed by atoms with Crippen molar-refractivity contribution in [2.45, 2.75) is 108 Å². The average Bonchev–Trinajstić information content (AvgIpc) is 2.66. The van der Waals surface area contributed by atoms with Crippen LogP contribution in [0, 0.1) is 17.5 Å². The molecule has 39 heavy (non-hydrogen) atoms. The zero-order chi connectivity index (χ0) is 27.2. The lowest BCUT2D eigenvalue weighted by Gasteiger charge is -2.21. The van der Waals surface area contributed by atoms with E-state index >= 15 is 0 Å². The molecule has 0 amide bonds. The lowest BCUT2D eigenvalue weighted by atomic mass is 9.85. The second-order valence-electron chi connectivity index (χ2n) is 11.6. The van der Waals surface area contributed by atoms with Crippen LogP contribution >= 0.6 is 0 Å². The van der Waals surface area contributed by atoms with E-state index in [1.165, 1.54) is 30.3 Å². The second kappa shape index (κ2) is 16.9. The van der Waals surface area contributed by atoms with Crippen LogP contribution < -0.4 is 5.73 Å². The summed E-state index contributed by atoms with van der Waals surface area (Å²) < 4.78 is 39.5. The molecule has 0 aliphatic rings. The van der Waals surface area contributed by atoms with Crippen LogP contribution in [0.25, 0.3) is 0 Å². The van der Waals surface area contributed by atoms with Gasteiger partial charge in [-0.2, -0.15) is 0 Å². The van der Waals surface area contributed by atoms with Crippen LogP contribution in [0.15, 0.2) is 60.7 Å². The first-order chi connectivity index (χ1) is 15.9. The van der Waals surface area contributed by atoms with E-state index < -0.39 is 0 Å². The van der Waals surface area contributed by atoms with Crippen molar-refractivity contribution in [3.63, 3.8) is 0 Å². The summed E-state index contributed by atoms with van der Waals surface area (Å²) in [6.07, 6.45) is 0. The fraction of sp³-hybridized carbons (Fsp3) is 0.471. The first-order valence-electron chi connectivity index (χ1n) is 11.6. The molecule has 0 radical (unpaired) electrons. The number of aromatic hydroxyl groups is 1. The molecule has 3 aromatic rings. The van der Waals surface area contributed by atoms with Crippen molar-refractivity contribution in [1.29, 1.82) is 0 Å². The van der Waals surface area contributed by atoms with Crippen LogP contribution in [0.4, 0.5) is 18.9 Å². The van der Waals surface area contributed by atoms with E-state index in [0.717, 1.165) is 5.56 Å². The van der Waals surface area contributed by atoms with Gasteiger partial charge in [0.05, 0.1) is 0 Å². The minimum atomic E-state index is -0.352. The van der Waals surface area contributed by atoms with Crippen LogP contribution in [0.1, 0.15) is 109 Å². The van der Waals surface area contributed by atoms with Gasteiger partial charge in [-0.15, -0.1) is 0 Å². The smallest absolute Gasteiger partial charge is 0.130 e. The monoisotopic (exact) mass is 551 g/mol. The molecule has 0 saturated heterocycles. The molecule has 0 aromatic heterocycles. The highest BCUT2D eigenvalue weighted by Crippen LogP contribution is 2.32. The highest BCUT2D eigenvalue weighted by molar-refractivity contribution is 5.50. The molecule has 0 atom stereocenters. The normalized spacial score (nSPS) is 10.5. The lowest BCUT2D eigenvalue weighted by molar-refractivity contribution is 0.429. The number of rotatable bonds is 0. The highest BCUT2D eigenvalue weighted by Gasteiger charge is 2.22. The zero-order valence-electron chi connectivity index (χ0n) is 22.4. The Kier molecular flexibility index (Phi) is 18.7. The van der Waals surface area contributed by atoms with Crippen LogP contribution in [0.5, 0.6) is 5.75 Å². The van der Waals surface area contributed by atoms with Crippen LogP contribution in [-0.4, -0.2) is 5.11 Å². The third kappa shape index (κ3) is 13.1. The quantitative estimate of drug-likeness (QED) is 0.273. The zero-order valence-corrected chi connectivity index (χ0v) is 22.4. The molecule has 224 valence electrons. The Balaban J connectivity index is -0.000000224. The molecule has 3 rings (SSSR count). The Hall–Kier alpha value is -2.95. The molecule has 3 N–H and O–H groups in total. The van der Waals surface area contributed by atoms with Gasteiger partial charge in [0.25, 0.3) is 0 Å². The van der Waals surface area contributed by atoms with E-state index in [9.17, 15) is 18.3 Å². The number of nitrogens with two attached hydrogens (primary N) is 1. The molecule has 0 heterocycles. The Morgan fingerprint density at radius 2 is 0.897 bits per heavy atom. The van der Waals surface area contributed by atoms with Gasteiger partial charge >= 0.3 is 0 Å². The van der Waals surface area contributed by atoms with E-state index in [-0.39, 0.29) is 69.2 Å². The summed E-state index contributed by atoms with van der Waals surface area (Å²) in [6.45, 7) is 17.5. The van der Waals surface area contributed by atoms with Crippen molar-refractivity contribution >= 4 is 5.69 Å². The van der Waals surface area contributed by atoms with Crippen molar-refractivity contribution in [2.24, 2.45) is 0 Å². The summed E-state index contributed by atoms with van der Waals surface area (Å²) in [6, 6.07) is 16.1. The summed E-state index contributed by atoms with van der Waals surface area (Å²) in [5, 5.41) is 9.39. The standard InChI is InChI=1S/C10H14FN.C10H13FO.C10H13F.4CH4/c2*1-10(2,3)9-7(11)5-4-6-8(9)12;1-10(2,3)8-6-4-5-7-9(8)11;;;;/h4-6H,12H2,1-3H3;4-6,12H,1-3H3;4-7H,1-3H3;4*1H4. The number of phenolic OH excluding ortho intramolecular Hbond substituents is 1. The van der Waals surface area contributed by atoms with Crippen molar-refractivity contribution in [1.82, 2.24) is 0 Å². The Morgan fingerprint density at radius 3 is 1.18 bits per heavy atom. The van der Waals surface area contributed by atoms with Gasteiger partial charge in [-0.1, -0.05) is 122 Å². The predicted molar refractivity (Wildman–Crippen MR) is 168 cm³/mol. The van der Waals surface area contributed by atoms with Gasteiger partial charge in [0.1, 0.15) is 23.2 Å².